The first-order chi connectivity index (χ1) is 12.3. The average Bonchev–Trinajstić information content (AvgIpc) is 2.99. The number of phosphoric ester groups is 1. The van der Waals surface area contributed by atoms with Gasteiger partial charge in [-0.05, 0) is 49.1 Å². The highest BCUT2D eigenvalue weighted by atomic mass is 31.2. The third-order valence-corrected chi connectivity index (χ3v) is 5.90. The number of benzene rings is 1. The van der Waals surface area contributed by atoms with Crippen molar-refractivity contribution in [2.75, 3.05) is 6.61 Å². The molecular weight excluding hydrogens is 349 g/mol. The van der Waals surface area contributed by atoms with Crippen molar-refractivity contribution < 1.29 is 18.9 Å². The van der Waals surface area contributed by atoms with Gasteiger partial charge in [-0.3, -0.25) is 4.52 Å². The van der Waals surface area contributed by atoms with E-state index in [1.165, 1.54) is 49.7 Å². The molecule has 0 amide bonds. The highest BCUT2D eigenvalue weighted by molar-refractivity contribution is 7.46. The number of rotatable bonds is 11. The summed E-state index contributed by atoms with van der Waals surface area (Å²) in [5.74, 6) is 0.337. The third kappa shape index (κ3) is 7.50. The Kier molecular flexibility index (Phi) is 8.31. The highest BCUT2D eigenvalue weighted by Gasteiger charge is 2.38. The summed E-state index contributed by atoms with van der Waals surface area (Å²) < 4.78 is 15.5. The SMILES string of the molecule is CCCCCCCCc1ccc([C@@H]2CC[C@@](N)(COP(=O)(O)O)C2)cc1. The summed E-state index contributed by atoms with van der Waals surface area (Å²) in [6.07, 6.45) is 11.4. The number of aryl methyl sites for hydroxylation is 1. The second kappa shape index (κ2) is 10.0. The Hall–Kier alpha value is -0.710. The molecule has 0 bridgehead atoms. The van der Waals surface area contributed by atoms with E-state index in [9.17, 15) is 4.57 Å². The van der Waals surface area contributed by atoms with Crippen LogP contribution in [0.4, 0.5) is 0 Å². The van der Waals surface area contributed by atoms with Gasteiger partial charge in [0.25, 0.3) is 0 Å². The van der Waals surface area contributed by atoms with E-state index in [2.05, 4.69) is 35.7 Å². The summed E-state index contributed by atoms with van der Waals surface area (Å²) in [4.78, 5) is 17.7. The van der Waals surface area contributed by atoms with Crippen molar-refractivity contribution in [2.24, 2.45) is 5.73 Å². The first-order valence-electron chi connectivity index (χ1n) is 9.89. The molecule has 2 rings (SSSR count). The Morgan fingerprint density at radius 3 is 2.46 bits per heavy atom. The van der Waals surface area contributed by atoms with Crippen LogP contribution in [0.2, 0.25) is 0 Å². The average molecular weight is 383 g/mol. The number of phosphoric acid groups is 1. The molecule has 1 aromatic rings. The summed E-state index contributed by atoms with van der Waals surface area (Å²) in [6.45, 7) is 2.15. The van der Waals surface area contributed by atoms with E-state index in [1.807, 2.05) is 0 Å². The van der Waals surface area contributed by atoms with Crippen LogP contribution in [0.1, 0.15) is 81.8 Å². The van der Waals surface area contributed by atoms with E-state index in [-0.39, 0.29) is 6.61 Å². The van der Waals surface area contributed by atoms with Crippen molar-refractivity contribution in [1.29, 1.82) is 0 Å². The molecule has 6 heteroatoms. The van der Waals surface area contributed by atoms with Gasteiger partial charge in [0.1, 0.15) is 0 Å². The van der Waals surface area contributed by atoms with Crippen LogP contribution < -0.4 is 5.73 Å². The van der Waals surface area contributed by atoms with E-state index < -0.39 is 13.4 Å². The summed E-state index contributed by atoms with van der Waals surface area (Å²) in [5.41, 5.74) is 8.27. The minimum absolute atomic E-state index is 0.0934. The Morgan fingerprint density at radius 2 is 1.81 bits per heavy atom. The van der Waals surface area contributed by atoms with E-state index in [0.29, 0.717) is 12.3 Å². The molecule has 1 aliphatic carbocycles. The zero-order valence-electron chi connectivity index (χ0n) is 15.9. The fraction of sp³-hybridized carbons (Fsp3) is 0.700. The fourth-order valence-electron chi connectivity index (χ4n) is 3.85. The first kappa shape index (κ1) is 21.6. The molecule has 0 aliphatic heterocycles. The van der Waals surface area contributed by atoms with Crippen LogP contribution in [-0.2, 0) is 15.5 Å². The molecule has 1 fully saturated rings. The predicted octanol–water partition coefficient (Wildman–Crippen LogP) is 4.66. The lowest BCUT2D eigenvalue weighted by Crippen LogP contribution is -2.41. The van der Waals surface area contributed by atoms with Gasteiger partial charge in [0.15, 0.2) is 0 Å². The second-order valence-electron chi connectivity index (χ2n) is 7.83. The van der Waals surface area contributed by atoms with Gasteiger partial charge in [-0.2, -0.15) is 0 Å². The molecule has 0 radical (unpaired) electrons. The molecule has 26 heavy (non-hydrogen) atoms. The lowest BCUT2D eigenvalue weighted by atomic mass is 9.92. The molecule has 1 aromatic carbocycles. The lowest BCUT2D eigenvalue weighted by Gasteiger charge is -2.24. The van der Waals surface area contributed by atoms with Crippen LogP contribution in [0.15, 0.2) is 24.3 Å². The van der Waals surface area contributed by atoms with Gasteiger partial charge in [0.2, 0.25) is 0 Å². The van der Waals surface area contributed by atoms with Gasteiger partial charge in [0.05, 0.1) is 6.61 Å². The molecule has 0 saturated heterocycles. The smallest absolute Gasteiger partial charge is 0.323 e. The number of hydrogen-bond donors (Lipinski definition) is 3. The van der Waals surface area contributed by atoms with Crippen molar-refractivity contribution in [1.82, 2.24) is 0 Å². The third-order valence-electron chi connectivity index (χ3n) is 5.43. The van der Waals surface area contributed by atoms with Crippen molar-refractivity contribution in [3.63, 3.8) is 0 Å². The maximum absolute atomic E-state index is 10.9. The highest BCUT2D eigenvalue weighted by Crippen LogP contribution is 2.43. The first-order valence-corrected chi connectivity index (χ1v) is 11.4. The molecule has 0 spiro atoms. The summed E-state index contributed by atoms with van der Waals surface area (Å²) in [7, 11) is -4.46. The molecule has 5 nitrogen and oxygen atoms in total. The van der Waals surface area contributed by atoms with Crippen LogP contribution >= 0.6 is 7.82 Å². The van der Waals surface area contributed by atoms with Crippen LogP contribution in [0, 0.1) is 0 Å². The quantitative estimate of drug-likeness (QED) is 0.382. The molecule has 1 saturated carbocycles. The normalized spacial score (nSPS) is 23.5. The topological polar surface area (TPSA) is 92.8 Å². The maximum atomic E-state index is 10.9. The minimum Gasteiger partial charge on any atom is -0.323 e. The maximum Gasteiger partial charge on any atom is 0.469 e. The zero-order valence-corrected chi connectivity index (χ0v) is 16.8. The predicted molar refractivity (Wildman–Crippen MR) is 105 cm³/mol. The summed E-state index contributed by atoms with van der Waals surface area (Å²) in [6, 6.07) is 8.80. The van der Waals surface area contributed by atoms with E-state index >= 15 is 0 Å². The largest absolute Gasteiger partial charge is 0.469 e. The van der Waals surface area contributed by atoms with E-state index in [0.717, 1.165) is 19.3 Å². The lowest BCUT2D eigenvalue weighted by molar-refractivity contribution is 0.153. The van der Waals surface area contributed by atoms with Crippen molar-refractivity contribution in [3.8, 4) is 0 Å². The Labute approximate surface area is 157 Å². The Bertz CT molecular complexity index is 586. The summed E-state index contributed by atoms with van der Waals surface area (Å²) in [5, 5.41) is 0. The Balaban J connectivity index is 1.77. The number of hydrogen-bond acceptors (Lipinski definition) is 3. The molecule has 2 atom stereocenters. The summed E-state index contributed by atoms with van der Waals surface area (Å²) >= 11 is 0. The fourth-order valence-corrected chi connectivity index (χ4v) is 4.28. The van der Waals surface area contributed by atoms with Gasteiger partial charge in [-0.25, -0.2) is 4.57 Å². The van der Waals surface area contributed by atoms with Gasteiger partial charge in [0, 0.05) is 5.54 Å². The standard InChI is InChI=1S/C20H34NO4P/c1-2-3-4-5-6-7-8-17-9-11-18(12-10-17)19-13-14-20(21,15-19)16-25-26(22,23)24/h9-12,19H,2-8,13-16,21H2,1H3,(H2,22,23,24)/t19-,20+/m1/s1. The van der Waals surface area contributed by atoms with Gasteiger partial charge < -0.3 is 15.5 Å². The monoisotopic (exact) mass is 383 g/mol. The molecule has 0 heterocycles. The van der Waals surface area contributed by atoms with Crippen LogP contribution in [0.3, 0.4) is 0 Å². The number of unbranched alkanes of at least 4 members (excludes halogenated alkanes) is 5. The molecular formula is C20H34NO4P. The van der Waals surface area contributed by atoms with E-state index in [1.54, 1.807) is 0 Å². The van der Waals surface area contributed by atoms with Gasteiger partial charge in [-0.1, -0.05) is 63.3 Å². The van der Waals surface area contributed by atoms with Crippen LogP contribution in [-0.4, -0.2) is 21.9 Å². The molecule has 1 aliphatic rings. The van der Waals surface area contributed by atoms with Crippen molar-refractivity contribution in [2.45, 2.75) is 82.6 Å². The van der Waals surface area contributed by atoms with Crippen LogP contribution in [0.25, 0.3) is 0 Å². The Morgan fingerprint density at radius 1 is 1.15 bits per heavy atom. The van der Waals surface area contributed by atoms with Crippen molar-refractivity contribution in [3.05, 3.63) is 35.4 Å². The van der Waals surface area contributed by atoms with Gasteiger partial charge >= 0.3 is 7.82 Å². The van der Waals surface area contributed by atoms with Crippen molar-refractivity contribution >= 4 is 7.82 Å². The number of nitrogens with two attached hydrogens (primary N) is 1. The molecule has 0 unspecified atom stereocenters. The molecule has 4 N–H and O–H groups in total. The zero-order chi connectivity index (χ0) is 19.0. The van der Waals surface area contributed by atoms with Gasteiger partial charge in [-0.15, -0.1) is 0 Å². The second-order valence-corrected chi connectivity index (χ2v) is 9.06. The minimum atomic E-state index is -4.46. The molecule has 148 valence electrons. The van der Waals surface area contributed by atoms with E-state index in [4.69, 9.17) is 15.5 Å². The molecule has 0 aromatic heterocycles. The van der Waals surface area contributed by atoms with Crippen LogP contribution in [0.5, 0.6) is 0 Å².